The molecule has 1 heterocycles. The summed E-state index contributed by atoms with van der Waals surface area (Å²) in [5, 5.41) is 6.19. The Labute approximate surface area is 162 Å². The Bertz CT molecular complexity index is 697. The Hall–Kier alpha value is -1.15. The number of piperidine rings is 1. The van der Waals surface area contributed by atoms with Gasteiger partial charge in [-0.1, -0.05) is 17.7 Å². The van der Waals surface area contributed by atoms with Gasteiger partial charge in [0.25, 0.3) is 0 Å². The molecule has 0 atom stereocenters. The van der Waals surface area contributed by atoms with E-state index in [0.29, 0.717) is 37.4 Å². The Morgan fingerprint density at radius 3 is 2.31 bits per heavy atom. The molecule has 8 heteroatoms. The van der Waals surface area contributed by atoms with Crippen LogP contribution in [0.4, 0.5) is 0 Å². The van der Waals surface area contributed by atoms with E-state index in [4.69, 9.17) is 0 Å². The van der Waals surface area contributed by atoms with Gasteiger partial charge in [-0.2, -0.15) is 4.31 Å². The first-order valence-electron chi connectivity index (χ1n) is 9.02. The average molecular weight is 402 g/mol. The van der Waals surface area contributed by atoms with Crippen LogP contribution in [0.15, 0.2) is 29.2 Å². The van der Waals surface area contributed by atoms with Gasteiger partial charge in [-0.3, -0.25) is 4.79 Å². The maximum Gasteiger partial charge on any atom is 0.243 e. The number of halogens is 1. The van der Waals surface area contributed by atoms with Crippen molar-refractivity contribution in [3.8, 4) is 0 Å². The second-order valence-electron chi connectivity index (χ2n) is 7.13. The maximum absolute atomic E-state index is 12.7. The monoisotopic (exact) mass is 401 g/mol. The van der Waals surface area contributed by atoms with E-state index in [1.54, 1.807) is 12.1 Å². The molecule has 0 aromatic heterocycles. The van der Waals surface area contributed by atoms with Crippen LogP contribution in [-0.2, 0) is 14.8 Å². The Morgan fingerprint density at radius 2 is 1.73 bits per heavy atom. The third-order valence-electron chi connectivity index (χ3n) is 4.89. The van der Waals surface area contributed by atoms with Gasteiger partial charge in [0.1, 0.15) is 0 Å². The van der Waals surface area contributed by atoms with Crippen molar-refractivity contribution in [2.45, 2.75) is 43.5 Å². The van der Waals surface area contributed by atoms with Crippen LogP contribution in [0.1, 0.15) is 31.2 Å². The zero-order valence-electron chi connectivity index (χ0n) is 15.1. The third kappa shape index (κ3) is 5.67. The lowest BCUT2D eigenvalue weighted by molar-refractivity contribution is -0.121. The maximum atomic E-state index is 12.7. The summed E-state index contributed by atoms with van der Waals surface area (Å²) >= 11 is 0. The van der Waals surface area contributed by atoms with Crippen LogP contribution in [0.5, 0.6) is 0 Å². The number of aryl methyl sites for hydroxylation is 1. The highest BCUT2D eigenvalue weighted by atomic mass is 35.5. The number of carbonyl (C=O) groups is 1. The van der Waals surface area contributed by atoms with E-state index >= 15 is 0 Å². The molecule has 1 saturated heterocycles. The largest absolute Gasteiger partial charge is 0.352 e. The molecule has 1 aliphatic heterocycles. The van der Waals surface area contributed by atoms with Gasteiger partial charge in [0.05, 0.1) is 11.4 Å². The number of hydrogen-bond acceptors (Lipinski definition) is 4. The number of nitrogens with zero attached hydrogens (tertiary/aromatic N) is 1. The molecule has 1 aliphatic carbocycles. The number of carbonyl (C=O) groups excluding carboxylic acids is 1. The Morgan fingerprint density at radius 1 is 1.12 bits per heavy atom. The molecular formula is C18H28ClN3O3S. The predicted molar refractivity (Wildman–Crippen MR) is 104 cm³/mol. The van der Waals surface area contributed by atoms with E-state index in [-0.39, 0.29) is 24.4 Å². The molecule has 1 saturated carbocycles. The highest BCUT2D eigenvalue weighted by Gasteiger charge is 2.30. The van der Waals surface area contributed by atoms with Crippen molar-refractivity contribution in [1.82, 2.24) is 14.9 Å². The van der Waals surface area contributed by atoms with Crippen LogP contribution in [0.3, 0.4) is 0 Å². The molecule has 2 aliphatic rings. The first kappa shape index (κ1) is 21.2. The van der Waals surface area contributed by atoms with Gasteiger partial charge in [-0.15, -0.1) is 12.4 Å². The lowest BCUT2D eigenvalue weighted by Crippen LogP contribution is -2.48. The van der Waals surface area contributed by atoms with Crippen molar-refractivity contribution >= 4 is 28.3 Å². The standard InChI is InChI=1S/C18H27N3O3S.ClH/c1-14-2-6-17(7-3-14)25(23,24)21-10-8-16(9-11-21)20-18(22)13-19-12-15-4-5-15;/h2-3,6-7,15-16,19H,4-5,8-13H2,1H3,(H,20,22);1H. The van der Waals surface area contributed by atoms with Crippen LogP contribution >= 0.6 is 12.4 Å². The number of sulfonamides is 1. The molecule has 26 heavy (non-hydrogen) atoms. The average Bonchev–Trinajstić information content (AvgIpc) is 3.40. The van der Waals surface area contributed by atoms with Crippen LogP contribution in [-0.4, -0.2) is 50.9 Å². The van der Waals surface area contributed by atoms with Crippen molar-refractivity contribution in [3.63, 3.8) is 0 Å². The molecule has 0 radical (unpaired) electrons. The number of nitrogens with one attached hydrogen (secondary N) is 2. The van der Waals surface area contributed by atoms with E-state index < -0.39 is 10.0 Å². The molecule has 6 nitrogen and oxygen atoms in total. The summed E-state index contributed by atoms with van der Waals surface area (Å²) in [6.45, 7) is 4.08. The first-order chi connectivity index (χ1) is 11.9. The van der Waals surface area contributed by atoms with Gasteiger partial charge >= 0.3 is 0 Å². The normalized spacial score (nSPS) is 19.0. The topological polar surface area (TPSA) is 78.5 Å². The summed E-state index contributed by atoms with van der Waals surface area (Å²) in [7, 11) is -3.44. The Kier molecular flexibility index (Phi) is 7.46. The van der Waals surface area contributed by atoms with Gasteiger partial charge in [-0.05, 0) is 57.2 Å². The predicted octanol–water partition coefficient (Wildman–Crippen LogP) is 1.69. The zero-order chi connectivity index (χ0) is 17.9. The SMILES string of the molecule is Cc1ccc(S(=O)(=O)N2CCC(NC(=O)CNCC3CC3)CC2)cc1.Cl. The number of rotatable bonds is 7. The summed E-state index contributed by atoms with van der Waals surface area (Å²) < 4.78 is 26.9. The lowest BCUT2D eigenvalue weighted by Gasteiger charge is -2.31. The number of amides is 1. The highest BCUT2D eigenvalue weighted by Crippen LogP contribution is 2.27. The van der Waals surface area contributed by atoms with Crippen LogP contribution in [0.2, 0.25) is 0 Å². The molecule has 1 amide bonds. The van der Waals surface area contributed by atoms with E-state index in [9.17, 15) is 13.2 Å². The minimum atomic E-state index is -3.44. The first-order valence-corrected chi connectivity index (χ1v) is 10.5. The van der Waals surface area contributed by atoms with Gasteiger partial charge in [0.15, 0.2) is 0 Å². The quantitative estimate of drug-likeness (QED) is 0.728. The van der Waals surface area contributed by atoms with Gasteiger partial charge < -0.3 is 10.6 Å². The van der Waals surface area contributed by atoms with E-state index in [2.05, 4.69) is 10.6 Å². The fourth-order valence-electron chi connectivity index (χ4n) is 3.09. The summed E-state index contributed by atoms with van der Waals surface area (Å²) in [5.74, 6) is 0.753. The van der Waals surface area contributed by atoms with Crippen molar-refractivity contribution in [3.05, 3.63) is 29.8 Å². The van der Waals surface area contributed by atoms with Crippen LogP contribution < -0.4 is 10.6 Å². The van der Waals surface area contributed by atoms with E-state index in [0.717, 1.165) is 18.0 Å². The van der Waals surface area contributed by atoms with Crippen molar-refractivity contribution in [2.24, 2.45) is 5.92 Å². The van der Waals surface area contributed by atoms with E-state index in [1.165, 1.54) is 17.1 Å². The van der Waals surface area contributed by atoms with Gasteiger partial charge in [-0.25, -0.2) is 8.42 Å². The fourth-order valence-corrected chi connectivity index (χ4v) is 4.56. The fraction of sp³-hybridized carbons (Fsp3) is 0.611. The second kappa shape index (κ2) is 9.17. The molecule has 0 unspecified atom stereocenters. The molecule has 1 aromatic carbocycles. The molecule has 146 valence electrons. The van der Waals surface area contributed by atoms with Crippen molar-refractivity contribution in [1.29, 1.82) is 0 Å². The molecular weight excluding hydrogens is 374 g/mol. The molecule has 1 aromatic rings. The molecule has 2 fully saturated rings. The highest BCUT2D eigenvalue weighted by molar-refractivity contribution is 7.89. The smallest absolute Gasteiger partial charge is 0.243 e. The summed E-state index contributed by atoms with van der Waals surface area (Å²) in [6, 6.07) is 7.00. The van der Waals surface area contributed by atoms with Crippen molar-refractivity contribution < 1.29 is 13.2 Å². The molecule has 2 N–H and O–H groups in total. The minimum Gasteiger partial charge on any atom is -0.352 e. The molecule has 3 rings (SSSR count). The third-order valence-corrected chi connectivity index (χ3v) is 6.81. The summed E-state index contributed by atoms with van der Waals surface area (Å²) in [4.78, 5) is 12.3. The van der Waals surface area contributed by atoms with Gasteiger partial charge in [0.2, 0.25) is 15.9 Å². The molecule has 0 spiro atoms. The molecule has 0 bridgehead atoms. The second-order valence-corrected chi connectivity index (χ2v) is 9.07. The summed E-state index contributed by atoms with van der Waals surface area (Å²) in [5.41, 5.74) is 1.04. The van der Waals surface area contributed by atoms with Crippen LogP contribution in [0, 0.1) is 12.8 Å². The summed E-state index contributed by atoms with van der Waals surface area (Å²) in [6.07, 6.45) is 3.84. The number of hydrogen-bond donors (Lipinski definition) is 2. The van der Waals surface area contributed by atoms with Gasteiger partial charge in [0, 0.05) is 19.1 Å². The van der Waals surface area contributed by atoms with Crippen molar-refractivity contribution in [2.75, 3.05) is 26.2 Å². The lowest BCUT2D eigenvalue weighted by atomic mass is 10.1. The zero-order valence-corrected chi connectivity index (χ0v) is 16.7. The van der Waals surface area contributed by atoms with Crippen LogP contribution in [0.25, 0.3) is 0 Å². The Balaban J connectivity index is 0.00000243. The van der Waals surface area contributed by atoms with E-state index in [1.807, 2.05) is 19.1 Å². The minimum absolute atomic E-state index is 0. The number of benzene rings is 1.